The van der Waals surface area contributed by atoms with E-state index in [1.807, 2.05) is 13.8 Å². The van der Waals surface area contributed by atoms with E-state index in [1.54, 1.807) is 6.07 Å². The lowest BCUT2D eigenvalue weighted by molar-refractivity contribution is 0.102. The molecule has 0 fully saturated rings. The number of aromatic nitrogens is 4. The highest BCUT2D eigenvalue weighted by Gasteiger charge is 2.12. The van der Waals surface area contributed by atoms with E-state index in [0.717, 1.165) is 17.2 Å². The number of pyridine rings is 1. The number of carbonyl (C=O) groups is 1. The van der Waals surface area contributed by atoms with Gasteiger partial charge >= 0.3 is 0 Å². The van der Waals surface area contributed by atoms with Crippen LogP contribution in [-0.2, 0) is 0 Å². The third kappa shape index (κ3) is 2.77. The van der Waals surface area contributed by atoms with E-state index < -0.39 is 0 Å². The van der Waals surface area contributed by atoms with Gasteiger partial charge in [-0.2, -0.15) is 0 Å². The van der Waals surface area contributed by atoms with E-state index in [4.69, 9.17) is 5.73 Å². The summed E-state index contributed by atoms with van der Waals surface area (Å²) >= 11 is 1.01. The van der Waals surface area contributed by atoms with Gasteiger partial charge in [-0.15, -0.1) is 0 Å². The van der Waals surface area contributed by atoms with Gasteiger partial charge in [0.2, 0.25) is 5.13 Å². The Labute approximate surface area is 108 Å². The van der Waals surface area contributed by atoms with Crippen molar-refractivity contribution in [2.75, 3.05) is 11.1 Å². The summed E-state index contributed by atoms with van der Waals surface area (Å²) in [5.41, 5.74) is 6.90. The van der Waals surface area contributed by atoms with Crippen molar-refractivity contribution in [3.63, 3.8) is 0 Å². The molecule has 0 aliphatic carbocycles. The minimum absolute atomic E-state index is 0.197. The highest BCUT2D eigenvalue weighted by Crippen LogP contribution is 2.17. The lowest BCUT2D eigenvalue weighted by atomic mass is 10.1. The largest absolute Gasteiger partial charge is 0.384 e. The molecule has 1 amide bonds. The maximum Gasteiger partial charge on any atom is 0.257 e. The van der Waals surface area contributed by atoms with Crippen LogP contribution in [0.15, 0.2) is 12.1 Å². The van der Waals surface area contributed by atoms with E-state index in [0.29, 0.717) is 16.5 Å². The molecular weight excluding hydrogens is 252 g/mol. The van der Waals surface area contributed by atoms with Crippen molar-refractivity contribution in [1.82, 2.24) is 19.8 Å². The fourth-order valence-corrected chi connectivity index (χ4v) is 1.71. The summed E-state index contributed by atoms with van der Waals surface area (Å²) in [6.07, 6.45) is 0. The molecule has 8 heteroatoms. The zero-order chi connectivity index (χ0) is 13.1. The second-order valence-corrected chi connectivity index (χ2v) is 4.71. The van der Waals surface area contributed by atoms with Crippen molar-refractivity contribution >= 4 is 28.4 Å². The minimum atomic E-state index is -0.301. The maximum atomic E-state index is 12.0. The van der Waals surface area contributed by atoms with E-state index >= 15 is 0 Å². The van der Waals surface area contributed by atoms with Gasteiger partial charge in [-0.1, -0.05) is 23.4 Å². The van der Waals surface area contributed by atoms with Gasteiger partial charge in [0.05, 0.1) is 0 Å². The number of nitrogens with two attached hydrogens (primary N) is 1. The lowest BCUT2D eigenvalue weighted by Crippen LogP contribution is -2.13. The Balaban J connectivity index is 2.24. The fraction of sp³-hybridized carbons (Fsp3) is 0.300. The molecule has 0 spiro atoms. The molecule has 2 heterocycles. The minimum Gasteiger partial charge on any atom is -0.384 e. The number of rotatable bonds is 3. The number of carbonyl (C=O) groups excluding carboxylic acids is 1. The number of amides is 1. The van der Waals surface area contributed by atoms with Gasteiger partial charge < -0.3 is 5.73 Å². The molecule has 0 saturated heterocycles. The van der Waals surface area contributed by atoms with Crippen molar-refractivity contribution in [3.05, 3.63) is 23.4 Å². The first-order chi connectivity index (χ1) is 8.56. The summed E-state index contributed by atoms with van der Waals surface area (Å²) in [4.78, 5) is 16.1. The summed E-state index contributed by atoms with van der Waals surface area (Å²) in [7, 11) is 0. The van der Waals surface area contributed by atoms with Gasteiger partial charge in [0.1, 0.15) is 5.82 Å². The van der Waals surface area contributed by atoms with Crippen LogP contribution in [0, 0.1) is 0 Å². The van der Waals surface area contributed by atoms with Gasteiger partial charge in [-0.3, -0.25) is 10.1 Å². The quantitative estimate of drug-likeness (QED) is 0.865. The molecule has 7 nitrogen and oxygen atoms in total. The Bertz CT molecular complexity index is 554. The van der Waals surface area contributed by atoms with Gasteiger partial charge in [-0.05, 0) is 23.3 Å². The molecule has 0 aliphatic heterocycles. The van der Waals surface area contributed by atoms with Crippen LogP contribution < -0.4 is 11.1 Å². The van der Waals surface area contributed by atoms with Gasteiger partial charge in [0, 0.05) is 22.8 Å². The third-order valence-corrected chi connectivity index (χ3v) is 2.75. The third-order valence-electron chi connectivity index (χ3n) is 2.24. The zero-order valence-corrected chi connectivity index (χ0v) is 10.7. The molecule has 0 aromatic carbocycles. The van der Waals surface area contributed by atoms with Crippen LogP contribution in [0.1, 0.15) is 35.8 Å². The van der Waals surface area contributed by atoms with Crippen LogP contribution in [-0.4, -0.2) is 25.7 Å². The molecular formula is C10H12N6OS. The molecule has 2 aromatic heterocycles. The van der Waals surface area contributed by atoms with Gasteiger partial charge in [0.25, 0.3) is 5.91 Å². The monoisotopic (exact) mass is 264 g/mol. The Hall–Kier alpha value is -2.09. The summed E-state index contributed by atoms with van der Waals surface area (Å²) in [5, 5.41) is 9.98. The Kier molecular flexibility index (Phi) is 3.47. The van der Waals surface area contributed by atoms with Crippen molar-refractivity contribution in [2.24, 2.45) is 0 Å². The van der Waals surface area contributed by atoms with E-state index in [-0.39, 0.29) is 11.8 Å². The Morgan fingerprint density at radius 3 is 2.83 bits per heavy atom. The Morgan fingerprint density at radius 1 is 1.44 bits per heavy atom. The summed E-state index contributed by atoms with van der Waals surface area (Å²) in [6.45, 7) is 3.97. The first-order valence-electron chi connectivity index (χ1n) is 5.30. The summed E-state index contributed by atoms with van der Waals surface area (Å²) in [5.74, 6) is 0.217. The molecule has 3 N–H and O–H groups in total. The van der Waals surface area contributed by atoms with Crippen LogP contribution in [0.3, 0.4) is 0 Å². The van der Waals surface area contributed by atoms with E-state index in [1.165, 1.54) is 6.07 Å². The van der Waals surface area contributed by atoms with E-state index in [9.17, 15) is 4.79 Å². The zero-order valence-electron chi connectivity index (χ0n) is 9.91. The number of anilines is 2. The average Bonchev–Trinajstić information content (AvgIpc) is 2.80. The van der Waals surface area contributed by atoms with Gasteiger partial charge in [0.15, 0.2) is 0 Å². The summed E-state index contributed by atoms with van der Waals surface area (Å²) in [6, 6.07) is 3.24. The number of hydrogen-bond acceptors (Lipinski definition) is 7. The van der Waals surface area contributed by atoms with Gasteiger partial charge in [-0.25, -0.2) is 4.98 Å². The number of nitrogens with zero attached hydrogens (tertiary/aromatic N) is 4. The number of hydrogen-bond donors (Lipinski definition) is 2. The molecule has 0 unspecified atom stereocenters. The molecule has 0 saturated carbocycles. The molecule has 0 atom stereocenters. The average molecular weight is 264 g/mol. The standard InChI is InChI=1S/C10H12N6OS/c1-5(2)7-3-6(4-8(11)12-7)9(17)13-10-14-15-16-18-10/h3-5H,1-2H3,(H2,11,12)(H,13,14,16,17). The smallest absolute Gasteiger partial charge is 0.257 e. The summed E-state index contributed by atoms with van der Waals surface area (Å²) < 4.78 is 3.56. The Morgan fingerprint density at radius 2 is 2.22 bits per heavy atom. The van der Waals surface area contributed by atoms with Crippen molar-refractivity contribution in [2.45, 2.75) is 19.8 Å². The molecule has 2 rings (SSSR count). The van der Waals surface area contributed by atoms with Crippen molar-refractivity contribution in [3.8, 4) is 0 Å². The number of nitrogens with one attached hydrogen (secondary N) is 1. The molecule has 18 heavy (non-hydrogen) atoms. The highest BCUT2D eigenvalue weighted by atomic mass is 32.1. The first kappa shape index (κ1) is 12.4. The van der Waals surface area contributed by atoms with E-state index in [2.05, 4.69) is 25.1 Å². The predicted octanol–water partition coefficient (Wildman–Crippen LogP) is 1.29. The predicted molar refractivity (Wildman–Crippen MR) is 68.4 cm³/mol. The molecule has 0 bridgehead atoms. The SMILES string of the molecule is CC(C)c1cc(C(=O)Nc2nnns2)cc(N)n1. The van der Waals surface area contributed by atoms with Crippen LogP contribution >= 0.6 is 11.5 Å². The molecule has 94 valence electrons. The highest BCUT2D eigenvalue weighted by molar-refractivity contribution is 7.09. The molecule has 0 aliphatic rings. The van der Waals surface area contributed by atoms with Crippen LogP contribution in [0.5, 0.6) is 0 Å². The maximum absolute atomic E-state index is 12.0. The van der Waals surface area contributed by atoms with Crippen molar-refractivity contribution in [1.29, 1.82) is 0 Å². The molecule has 2 aromatic rings. The van der Waals surface area contributed by atoms with Crippen LogP contribution in [0.25, 0.3) is 0 Å². The van der Waals surface area contributed by atoms with Crippen LogP contribution in [0.4, 0.5) is 10.9 Å². The molecule has 0 radical (unpaired) electrons. The van der Waals surface area contributed by atoms with Crippen LogP contribution in [0.2, 0.25) is 0 Å². The number of nitrogen functional groups attached to an aromatic ring is 1. The van der Waals surface area contributed by atoms with Crippen molar-refractivity contribution < 1.29 is 4.79 Å². The first-order valence-corrected chi connectivity index (χ1v) is 6.07. The second kappa shape index (κ2) is 5.05. The topological polar surface area (TPSA) is 107 Å². The second-order valence-electron chi connectivity index (χ2n) is 3.98. The fourth-order valence-electron chi connectivity index (χ4n) is 1.35. The lowest BCUT2D eigenvalue weighted by Gasteiger charge is -2.08. The normalized spacial score (nSPS) is 10.6.